The summed E-state index contributed by atoms with van der Waals surface area (Å²) in [6.45, 7) is 3.78. The van der Waals surface area contributed by atoms with Crippen LogP contribution in [0.2, 0.25) is 5.02 Å². The van der Waals surface area contributed by atoms with Crippen LogP contribution in [0, 0.1) is 0 Å². The number of aryl methyl sites for hydroxylation is 1. The number of carbonyl (C=O) groups is 2. The van der Waals surface area contributed by atoms with Gasteiger partial charge in [-0.3, -0.25) is 14.7 Å². The molecule has 176 valence electrons. The van der Waals surface area contributed by atoms with Crippen LogP contribution in [-0.4, -0.2) is 49.3 Å². The van der Waals surface area contributed by atoms with Crippen molar-refractivity contribution < 1.29 is 23.8 Å². The zero-order valence-electron chi connectivity index (χ0n) is 18.8. The molecular weight excluding hydrogens is 512 g/mol. The Morgan fingerprint density at radius 2 is 2.00 bits per heavy atom. The number of methoxy groups -OCH3 is 1. The number of hydrogen-bond donors (Lipinski definition) is 0. The fourth-order valence-corrected chi connectivity index (χ4v) is 4.38. The molecule has 1 aliphatic rings. The quantitative estimate of drug-likeness (QED) is 0.349. The van der Waals surface area contributed by atoms with Crippen LogP contribution in [0.25, 0.3) is 0 Å². The van der Waals surface area contributed by atoms with Gasteiger partial charge in [0.2, 0.25) is 6.29 Å². The first-order chi connectivity index (χ1) is 15.8. The number of amides is 1. The number of ether oxygens (including phenoxy) is 3. The van der Waals surface area contributed by atoms with Crippen molar-refractivity contribution in [3.63, 3.8) is 0 Å². The lowest BCUT2D eigenvalue weighted by atomic mass is 9.97. The third-order valence-electron chi connectivity index (χ3n) is 5.12. The van der Waals surface area contributed by atoms with Crippen LogP contribution in [0.1, 0.15) is 37.0 Å². The topological polar surface area (TPSA) is 77.4 Å². The lowest BCUT2D eigenvalue weighted by Gasteiger charge is -2.29. The van der Waals surface area contributed by atoms with Gasteiger partial charge in [0.15, 0.2) is 0 Å². The van der Waals surface area contributed by atoms with Crippen molar-refractivity contribution in [2.45, 2.75) is 39.4 Å². The van der Waals surface area contributed by atoms with Crippen molar-refractivity contribution in [3.05, 3.63) is 62.6 Å². The molecule has 0 bridgehead atoms. The van der Waals surface area contributed by atoms with Gasteiger partial charge in [0, 0.05) is 42.0 Å². The molecule has 2 aromatic rings. The molecule has 1 unspecified atom stereocenters. The van der Waals surface area contributed by atoms with E-state index in [-0.39, 0.29) is 0 Å². The summed E-state index contributed by atoms with van der Waals surface area (Å²) in [5, 5.41) is 0.594. The lowest BCUT2D eigenvalue weighted by Crippen LogP contribution is -2.43. The van der Waals surface area contributed by atoms with Gasteiger partial charge in [0.05, 0.1) is 7.11 Å². The van der Waals surface area contributed by atoms with E-state index in [0.29, 0.717) is 43.2 Å². The number of nitrogens with zero attached hydrogens (tertiary/aromatic N) is 2. The molecule has 33 heavy (non-hydrogen) atoms. The van der Waals surface area contributed by atoms with Crippen molar-refractivity contribution in [1.82, 2.24) is 4.90 Å². The highest BCUT2D eigenvalue weighted by Crippen LogP contribution is 2.29. The van der Waals surface area contributed by atoms with E-state index in [4.69, 9.17) is 25.8 Å². The van der Waals surface area contributed by atoms with E-state index in [1.165, 1.54) is 18.7 Å². The molecule has 0 aliphatic carbocycles. The molecule has 2 aromatic carbocycles. The van der Waals surface area contributed by atoms with Crippen LogP contribution in [0.4, 0.5) is 4.79 Å². The molecule has 1 amide bonds. The number of carbonyl (C=O) groups excluding carboxylic acids is 2. The molecule has 0 spiro atoms. The Kier molecular flexibility index (Phi) is 8.74. The zero-order valence-corrected chi connectivity index (χ0v) is 21.1. The van der Waals surface area contributed by atoms with Gasteiger partial charge in [-0.2, -0.15) is 0 Å². The minimum atomic E-state index is -0.999. The van der Waals surface area contributed by atoms with Crippen molar-refractivity contribution in [2.75, 3.05) is 20.2 Å². The van der Waals surface area contributed by atoms with Gasteiger partial charge in [-0.1, -0.05) is 39.7 Å². The smallest absolute Gasteiger partial charge is 0.418 e. The van der Waals surface area contributed by atoms with Gasteiger partial charge < -0.3 is 14.2 Å². The molecule has 1 aliphatic heterocycles. The Morgan fingerprint density at radius 1 is 1.21 bits per heavy atom. The highest BCUT2D eigenvalue weighted by Gasteiger charge is 2.28. The molecular formula is C24H26BrClN2O5. The fourth-order valence-electron chi connectivity index (χ4n) is 3.70. The molecule has 0 saturated carbocycles. The van der Waals surface area contributed by atoms with Crippen molar-refractivity contribution in [3.8, 4) is 5.75 Å². The van der Waals surface area contributed by atoms with E-state index >= 15 is 0 Å². The van der Waals surface area contributed by atoms with E-state index in [0.717, 1.165) is 26.9 Å². The summed E-state index contributed by atoms with van der Waals surface area (Å²) < 4.78 is 16.7. The van der Waals surface area contributed by atoms with Crippen LogP contribution in [-0.2, 0) is 27.1 Å². The molecule has 0 saturated heterocycles. The van der Waals surface area contributed by atoms with Crippen molar-refractivity contribution >= 4 is 45.4 Å². The lowest BCUT2D eigenvalue weighted by molar-refractivity contribution is -0.162. The molecule has 0 aromatic heterocycles. The number of halogens is 2. The third kappa shape index (κ3) is 6.48. The largest absolute Gasteiger partial charge is 0.496 e. The van der Waals surface area contributed by atoms with Gasteiger partial charge in [-0.05, 0) is 54.7 Å². The number of benzene rings is 2. The summed E-state index contributed by atoms with van der Waals surface area (Å²) in [5.41, 5.74) is 2.69. The monoisotopic (exact) mass is 536 g/mol. The maximum absolute atomic E-state index is 12.8. The van der Waals surface area contributed by atoms with Gasteiger partial charge in [0.25, 0.3) is 0 Å². The maximum atomic E-state index is 12.8. The summed E-state index contributed by atoms with van der Waals surface area (Å²) in [4.78, 5) is 30.1. The zero-order chi connectivity index (χ0) is 24.0. The maximum Gasteiger partial charge on any atom is 0.418 e. The average molecular weight is 538 g/mol. The number of rotatable bonds is 7. The van der Waals surface area contributed by atoms with E-state index in [2.05, 4.69) is 20.9 Å². The van der Waals surface area contributed by atoms with Crippen LogP contribution in [0.3, 0.4) is 0 Å². The fraction of sp³-hybridized carbons (Fsp3) is 0.375. The van der Waals surface area contributed by atoms with Crippen LogP contribution < -0.4 is 4.74 Å². The first kappa shape index (κ1) is 25.1. The Hall–Kier alpha value is -2.58. The molecule has 1 heterocycles. The van der Waals surface area contributed by atoms with E-state index < -0.39 is 18.4 Å². The van der Waals surface area contributed by atoms with Gasteiger partial charge >= 0.3 is 12.1 Å². The molecule has 3 rings (SSSR count). The molecule has 1 atom stereocenters. The second kappa shape index (κ2) is 11.5. The first-order valence-corrected chi connectivity index (χ1v) is 11.8. The number of hydrogen-bond acceptors (Lipinski definition) is 6. The summed E-state index contributed by atoms with van der Waals surface area (Å²) in [7, 11) is 1.64. The Bertz CT molecular complexity index is 1060. The highest BCUT2D eigenvalue weighted by molar-refractivity contribution is 9.10. The summed E-state index contributed by atoms with van der Waals surface area (Å²) in [5.74, 6) is 0.773. The van der Waals surface area contributed by atoms with Crippen molar-refractivity contribution in [1.29, 1.82) is 0 Å². The normalized spacial score (nSPS) is 14.3. The third-order valence-corrected chi connectivity index (χ3v) is 5.97. The molecule has 7 nitrogen and oxygen atoms in total. The molecule has 0 radical (unpaired) electrons. The predicted molar refractivity (Wildman–Crippen MR) is 130 cm³/mol. The van der Waals surface area contributed by atoms with Gasteiger partial charge in [0.1, 0.15) is 11.6 Å². The Morgan fingerprint density at radius 3 is 2.73 bits per heavy atom. The van der Waals surface area contributed by atoms with Crippen molar-refractivity contribution in [2.24, 2.45) is 4.99 Å². The summed E-state index contributed by atoms with van der Waals surface area (Å²) in [6.07, 6.45) is 0.377. The van der Waals surface area contributed by atoms with E-state index in [9.17, 15) is 9.59 Å². The summed E-state index contributed by atoms with van der Waals surface area (Å²) >= 11 is 10.1. The van der Waals surface area contributed by atoms with Gasteiger partial charge in [-0.15, -0.1) is 0 Å². The minimum Gasteiger partial charge on any atom is -0.496 e. The number of esters is 1. The molecule has 0 fully saturated rings. The van der Waals surface area contributed by atoms with Crippen LogP contribution in [0.15, 0.2) is 45.9 Å². The molecule has 9 heteroatoms. The predicted octanol–water partition coefficient (Wildman–Crippen LogP) is 5.39. The second-order valence-corrected chi connectivity index (χ2v) is 8.82. The average Bonchev–Trinajstić information content (AvgIpc) is 2.77. The Balaban J connectivity index is 1.87. The minimum absolute atomic E-state index is 0.440. The molecule has 0 N–H and O–H groups in total. The Labute approximate surface area is 206 Å². The van der Waals surface area contributed by atoms with Crippen LogP contribution in [0.5, 0.6) is 5.75 Å². The number of aliphatic imine (C=N–C) groups is 1. The van der Waals surface area contributed by atoms with Gasteiger partial charge in [-0.25, -0.2) is 4.79 Å². The highest BCUT2D eigenvalue weighted by atomic mass is 79.9. The summed E-state index contributed by atoms with van der Waals surface area (Å²) in [6, 6.07) is 11.4. The second-order valence-electron chi connectivity index (χ2n) is 7.49. The SMILES string of the molecule is COc1ccc(Br)cc1CCc1c(Cl)cccc1C1=NCCCN1C(=O)OC(C)OC(C)=O. The van der Waals surface area contributed by atoms with Crippen LogP contribution >= 0.6 is 27.5 Å². The standard InChI is InChI=1S/C24H26BrClN2O5/c1-15(29)32-16(2)33-24(30)28-13-5-12-27-23(28)20-6-4-7-21(26)19(20)10-8-17-14-18(25)9-11-22(17)31-3/h4,6-7,9,11,14,16H,5,8,10,12-13H2,1-3H3. The number of amidine groups is 1. The van der Waals surface area contributed by atoms with E-state index in [1.54, 1.807) is 7.11 Å². The first-order valence-electron chi connectivity index (χ1n) is 10.6. The van der Waals surface area contributed by atoms with E-state index in [1.807, 2.05) is 36.4 Å².